The number of aromatic nitrogens is 5. The van der Waals surface area contributed by atoms with E-state index in [0.29, 0.717) is 30.0 Å². The molecule has 3 aromatic rings. The highest BCUT2D eigenvalue weighted by atomic mass is 16.5. The number of nitrogens with one attached hydrogen (secondary N) is 1. The lowest BCUT2D eigenvalue weighted by Crippen LogP contribution is -2.19. The number of benzene rings is 1. The fourth-order valence-corrected chi connectivity index (χ4v) is 3.43. The van der Waals surface area contributed by atoms with Crippen LogP contribution in [-0.4, -0.2) is 48.2 Å². The Morgan fingerprint density at radius 3 is 2.75 bits per heavy atom. The summed E-state index contributed by atoms with van der Waals surface area (Å²) >= 11 is 0. The van der Waals surface area contributed by atoms with Crippen molar-refractivity contribution >= 4 is 23.1 Å². The molecule has 1 fully saturated rings. The van der Waals surface area contributed by atoms with Gasteiger partial charge in [-0.2, -0.15) is 9.67 Å². The summed E-state index contributed by atoms with van der Waals surface area (Å²) in [5.41, 5.74) is 1.99. The Bertz CT molecular complexity index is 985. The molecule has 1 aliphatic rings. The molecule has 2 atom stereocenters. The van der Waals surface area contributed by atoms with Gasteiger partial charge < -0.3 is 15.2 Å². The maximum absolute atomic E-state index is 11.1. The molecule has 1 aromatic carbocycles. The SMILES string of the molecule is CC(C)Oc1ccc(-n2nnc3cnc(N[C@@H]4CC[C@@H](C(=O)O)C4)nc32)cc1. The van der Waals surface area contributed by atoms with Gasteiger partial charge in [-0.3, -0.25) is 4.79 Å². The Kier molecular flexibility index (Phi) is 4.81. The number of carbonyl (C=O) groups is 1. The van der Waals surface area contributed by atoms with Gasteiger partial charge >= 0.3 is 5.97 Å². The van der Waals surface area contributed by atoms with Crippen molar-refractivity contribution in [3.05, 3.63) is 30.5 Å². The predicted octanol–water partition coefficient (Wildman–Crippen LogP) is 2.66. The minimum atomic E-state index is -0.743. The van der Waals surface area contributed by atoms with Crippen molar-refractivity contribution in [3.8, 4) is 11.4 Å². The van der Waals surface area contributed by atoms with Crippen LogP contribution in [-0.2, 0) is 4.79 Å². The van der Waals surface area contributed by atoms with E-state index in [0.717, 1.165) is 17.9 Å². The van der Waals surface area contributed by atoms with Crippen LogP contribution in [0.25, 0.3) is 16.9 Å². The van der Waals surface area contributed by atoms with Gasteiger partial charge in [0.2, 0.25) is 5.95 Å². The third kappa shape index (κ3) is 3.73. The van der Waals surface area contributed by atoms with Crippen molar-refractivity contribution < 1.29 is 14.6 Å². The van der Waals surface area contributed by atoms with Gasteiger partial charge in [-0.05, 0) is 57.4 Å². The largest absolute Gasteiger partial charge is 0.491 e. The van der Waals surface area contributed by atoms with Crippen LogP contribution in [0.15, 0.2) is 30.5 Å². The first-order valence-electron chi connectivity index (χ1n) is 9.34. The van der Waals surface area contributed by atoms with Crippen LogP contribution in [0.1, 0.15) is 33.1 Å². The third-order valence-corrected chi connectivity index (χ3v) is 4.76. The molecule has 0 aliphatic heterocycles. The number of carboxylic acids is 1. The third-order valence-electron chi connectivity index (χ3n) is 4.76. The van der Waals surface area contributed by atoms with E-state index in [4.69, 9.17) is 9.84 Å². The van der Waals surface area contributed by atoms with E-state index in [1.807, 2.05) is 38.1 Å². The monoisotopic (exact) mass is 382 g/mol. The summed E-state index contributed by atoms with van der Waals surface area (Å²) in [6.45, 7) is 3.96. The molecule has 0 unspecified atom stereocenters. The maximum atomic E-state index is 11.1. The van der Waals surface area contributed by atoms with Crippen LogP contribution >= 0.6 is 0 Å². The Morgan fingerprint density at radius 2 is 2.07 bits per heavy atom. The minimum absolute atomic E-state index is 0.0512. The minimum Gasteiger partial charge on any atom is -0.491 e. The van der Waals surface area contributed by atoms with Gasteiger partial charge in [0.15, 0.2) is 11.2 Å². The number of ether oxygens (including phenoxy) is 1. The summed E-state index contributed by atoms with van der Waals surface area (Å²) in [6.07, 6.45) is 3.75. The first-order chi connectivity index (χ1) is 13.5. The molecule has 0 spiro atoms. The van der Waals surface area contributed by atoms with Gasteiger partial charge in [0.25, 0.3) is 0 Å². The van der Waals surface area contributed by atoms with Crippen LogP contribution in [0.5, 0.6) is 5.75 Å². The number of carboxylic acid groups (broad SMARTS) is 1. The van der Waals surface area contributed by atoms with Gasteiger partial charge in [0.1, 0.15) is 5.75 Å². The molecule has 9 nitrogen and oxygen atoms in total. The van der Waals surface area contributed by atoms with Crippen molar-refractivity contribution in [2.24, 2.45) is 5.92 Å². The van der Waals surface area contributed by atoms with E-state index in [1.54, 1.807) is 10.9 Å². The number of fused-ring (bicyclic) bond motifs is 1. The highest BCUT2D eigenvalue weighted by Crippen LogP contribution is 2.28. The number of nitrogens with zero attached hydrogens (tertiary/aromatic N) is 5. The number of anilines is 1. The second kappa shape index (κ2) is 7.41. The lowest BCUT2D eigenvalue weighted by molar-refractivity contribution is -0.141. The molecular formula is C19H22N6O3. The average Bonchev–Trinajstić information content (AvgIpc) is 3.29. The summed E-state index contributed by atoms with van der Waals surface area (Å²) in [6, 6.07) is 7.61. The highest BCUT2D eigenvalue weighted by Gasteiger charge is 2.30. The van der Waals surface area contributed by atoms with Gasteiger partial charge in [-0.15, -0.1) is 5.10 Å². The van der Waals surface area contributed by atoms with Crippen molar-refractivity contribution in [2.45, 2.75) is 45.3 Å². The van der Waals surface area contributed by atoms with Crippen molar-refractivity contribution in [2.75, 3.05) is 5.32 Å². The molecule has 1 aliphatic carbocycles. The van der Waals surface area contributed by atoms with Crippen molar-refractivity contribution in [1.29, 1.82) is 0 Å². The normalized spacial score (nSPS) is 19.2. The fourth-order valence-electron chi connectivity index (χ4n) is 3.43. The Hall–Kier alpha value is -3.23. The fraction of sp³-hybridized carbons (Fsp3) is 0.421. The first-order valence-corrected chi connectivity index (χ1v) is 9.34. The zero-order valence-electron chi connectivity index (χ0n) is 15.7. The van der Waals surface area contributed by atoms with Gasteiger partial charge in [0, 0.05) is 6.04 Å². The second-order valence-corrected chi connectivity index (χ2v) is 7.25. The molecule has 2 aromatic heterocycles. The molecule has 2 N–H and O–H groups in total. The molecule has 9 heteroatoms. The second-order valence-electron chi connectivity index (χ2n) is 7.25. The van der Waals surface area contributed by atoms with Crippen molar-refractivity contribution in [1.82, 2.24) is 25.0 Å². The number of aliphatic carboxylic acids is 1. The summed E-state index contributed by atoms with van der Waals surface area (Å²) in [7, 11) is 0. The number of hydrogen-bond donors (Lipinski definition) is 2. The molecule has 0 saturated heterocycles. The van der Waals surface area contributed by atoms with Crippen LogP contribution in [0.3, 0.4) is 0 Å². The molecule has 1 saturated carbocycles. The van der Waals surface area contributed by atoms with Crippen LogP contribution in [0, 0.1) is 5.92 Å². The highest BCUT2D eigenvalue weighted by molar-refractivity contribution is 5.72. The van der Waals surface area contributed by atoms with Crippen LogP contribution in [0.2, 0.25) is 0 Å². The zero-order valence-corrected chi connectivity index (χ0v) is 15.7. The van der Waals surface area contributed by atoms with E-state index in [9.17, 15) is 4.79 Å². The Labute approximate surface area is 161 Å². The lowest BCUT2D eigenvalue weighted by atomic mass is 10.1. The smallest absolute Gasteiger partial charge is 0.306 e. The lowest BCUT2D eigenvalue weighted by Gasteiger charge is -2.12. The van der Waals surface area contributed by atoms with Crippen LogP contribution < -0.4 is 10.1 Å². The molecule has 146 valence electrons. The van der Waals surface area contributed by atoms with E-state index in [-0.39, 0.29) is 18.1 Å². The molecule has 0 bridgehead atoms. The van der Waals surface area contributed by atoms with E-state index in [2.05, 4.69) is 25.6 Å². The molecule has 4 rings (SSSR count). The molecule has 0 amide bonds. The topological polar surface area (TPSA) is 115 Å². The molecule has 2 heterocycles. The molecule has 28 heavy (non-hydrogen) atoms. The van der Waals surface area contributed by atoms with Gasteiger partial charge in [0.05, 0.1) is 23.9 Å². The summed E-state index contributed by atoms with van der Waals surface area (Å²) in [4.78, 5) is 20.0. The van der Waals surface area contributed by atoms with E-state index < -0.39 is 5.97 Å². The van der Waals surface area contributed by atoms with E-state index in [1.165, 1.54) is 0 Å². The number of rotatable bonds is 6. The standard InChI is InChI=1S/C19H22N6O3/c1-11(2)28-15-7-5-14(6-8-15)25-17-16(23-24-25)10-20-19(22-17)21-13-4-3-12(9-13)18(26)27/h5-8,10-13H,3-4,9H2,1-2H3,(H,26,27)(H,20,21,22)/t12-,13-/m1/s1. The zero-order chi connectivity index (χ0) is 19.7. The van der Waals surface area contributed by atoms with Crippen LogP contribution in [0.4, 0.5) is 5.95 Å². The average molecular weight is 382 g/mol. The Balaban J connectivity index is 1.56. The van der Waals surface area contributed by atoms with Gasteiger partial charge in [-0.1, -0.05) is 5.21 Å². The summed E-state index contributed by atoms with van der Waals surface area (Å²) < 4.78 is 7.32. The van der Waals surface area contributed by atoms with Gasteiger partial charge in [-0.25, -0.2) is 4.98 Å². The van der Waals surface area contributed by atoms with E-state index >= 15 is 0 Å². The number of hydrogen-bond acceptors (Lipinski definition) is 7. The summed E-state index contributed by atoms with van der Waals surface area (Å²) in [5.74, 6) is 0.189. The predicted molar refractivity (Wildman–Crippen MR) is 103 cm³/mol. The van der Waals surface area contributed by atoms with Crippen molar-refractivity contribution in [3.63, 3.8) is 0 Å². The maximum Gasteiger partial charge on any atom is 0.306 e. The molecule has 0 radical (unpaired) electrons. The summed E-state index contributed by atoms with van der Waals surface area (Å²) in [5, 5.41) is 20.7. The quantitative estimate of drug-likeness (QED) is 0.669. The first kappa shape index (κ1) is 18.1. The Morgan fingerprint density at radius 1 is 1.29 bits per heavy atom. The molecular weight excluding hydrogens is 360 g/mol.